The van der Waals surface area contributed by atoms with Gasteiger partial charge < -0.3 is 0 Å². The second-order valence-corrected chi connectivity index (χ2v) is 14.5. The van der Waals surface area contributed by atoms with Gasteiger partial charge in [0.25, 0.3) is 0 Å². The largest absolute Gasteiger partial charge is 0.0985 e. The number of fused-ring (bicyclic) bond motifs is 10. The summed E-state index contributed by atoms with van der Waals surface area (Å²) in [6.45, 7) is 4.01. The molecule has 0 amide bonds. The minimum absolute atomic E-state index is 0.254. The second-order valence-electron chi connectivity index (χ2n) is 14.5. The quantitative estimate of drug-likeness (QED) is 0.205. The first-order chi connectivity index (χ1) is 21.1. The molecular weight excluding hydrogens is 516 g/mol. The van der Waals surface area contributed by atoms with Crippen molar-refractivity contribution >= 4 is 6.08 Å². The van der Waals surface area contributed by atoms with Crippen molar-refractivity contribution in [1.82, 2.24) is 0 Å². The summed E-state index contributed by atoms with van der Waals surface area (Å²) in [6.07, 6.45) is 10.1. The molecule has 0 nitrogen and oxygen atoms in total. The van der Waals surface area contributed by atoms with E-state index >= 15 is 0 Å². The molecule has 0 N–H and O–H groups in total. The predicted octanol–water partition coefficient (Wildman–Crippen LogP) is 10.5. The van der Waals surface area contributed by atoms with Crippen LogP contribution in [0.3, 0.4) is 0 Å². The second kappa shape index (κ2) is 8.26. The molecule has 0 saturated heterocycles. The summed E-state index contributed by atoms with van der Waals surface area (Å²) in [5.41, 5.74) is 16.1. The Bertz CT molecular complexity index is 1890. The van der Waals surface area contributed by atoms with E-state index in [1.165, 1.54) is 88.6 Å². The van der Waals surface area contributed by atoms with Gasteiger partial charge in [0.2, 0.25) is 0 Å². The van der Waals surface area contributed by atoms with Crippen molar-refractivity contribution in [2.24, 2.45) is 11.8 Å². The van der Waals surface area contributed by atoms with Crippen molar-refractivity contribution in [3.63, 3.8) is 0 Å². The zero-order valence-corrected chi connectivity index (χ0v) is 24.7. The third kappa shape index (κ3) is 2.97. The van der Waals surface area contributed by atoms with Crippen LogP contribution in [-0.2, 0) is 16.2 Å². The van der Waals surface area contributed by atoms with E-state index in [2.05, 4.69) is 122 Å². The highest BCUT2D eigenvalue weighted by molar-refractivity contribution is 5.95. The Morgan fingerprint density at radius 1 is 0.512 bits per heavy atom. The van der Waals surface area contributed by atoms with E-state index in [0.717, 1.165) is 11.8 Å². The van der Waals surface area contributed by atoms with Gasteiger partial charge in [0.1, 0.15) is 0 Å². The smallest absolute Gasteiger partial charge is 0.0725 e. The zero-order valence-electron chi connectivity index (χ0n) is 24.7. The summed E-state index contributed by atoms with van der Waals surface area (Å²) in [7, 11) is 0. The summed E-state index contributed by atoms with van der Waals surface area (Å²) >= 11 is 0. The Morgan fingerprint density at radius 3 is 1.51 bits per heavy atom. The van der Waals surface area contributed by atoms with Gasteiger partial charge in [-0.2, -0.15) is 0 Å². The number of rotatable bonds is 3. The summed E-state index contributed by atoms with van der Waals surface area (Å²) < 4.78 is 0. The fourth-order valence-electron chi connectivity index (χ4n) is 11.3. The lowest BCUT2D eigenvalue weighted by atomic mass is 9.41. The lowest BCUT2D eigenvalue weighted by Crippen LogP contribution is -2.56. The van der Waals surface area contributed by atoms with Crippen LogP contribution in [0.1, 0.15) is 77.5 Å². The van der Waals surface area contributed by atoms with Crippen LogP contribution in [0.2, 0.25) is 0 Å². The summed E-state index contributed by atoms with van der Waals surface area (Å²) in [4.78, 5) is 0. The molecule has 2 atom stereocenters. The summed E-state index contributed by atoms with van der Waals surface area (Å²) in [5.74, 6) is 1.65. The fraction of sp³-hybridized carbons (Fsp3) is 0.256. The highest BCUT2D eigenvalue weighted by Gasteiger charge is 2.59. The Morgan fingerprint density at radius 2 is 0.977 bits per heavy atom. The first-order valence-corrected chi connectivity index (χ1v) is 16.3. The third-order valence-electron chi connectivity index (χ3n) is 12.4. The first-order valence-electron chi connectivity index (χ1n) is 16.3. The van der Waals surface area contributed by atoms with Crippen LogP contribution in [0, 0.1) is 11.8 Å². The lowest BCUT2D eigenvalue weighted by molar-refractivity contribution is -0.0281. The van der Waals surface area contributed by atoms with Crippen molar-refractivity contribution in [2.75, 3.05) is 0 Å². The standard InChI is InChI=1S/C43H36/c1-2-28-15-17-31(18-16-28)41-23-29-21-30(24-41)26-42(25-29,27-41)32-19-20-36-35-11-5-8-14-39(35)43(40(36)22-32)37-12-6-3-9-33(37)34-10-4-7-13-38(34)43/h2-20,22,29-30H,1,21,23-27H2. The molecule has 6 aliphatic rings. The molecule has 0 heterocycles. The molecule has 4 fully saturated rings. The van der Waals surface area contributed by atoms with Crippen molar-refractivity contribution < 1.29 is 0 Å². The molecule has 6 aliphatic carbocycles. The van der Waals surface area contributed by atoms with E-state index in [1.807, 2.05) is 6.08 Å². The van der Waals surface area contributed by atoms with Crippen LogP contribution in [0.25, 0.3) is 28.3 Å². The third-order valence-corrected chi connectivity index (χ3v) is 12.4. The van der Waals surface area contributed by atoms with Crippen molar-refractivity contribution in [3.8, 4) is 22.3 Å². The van der Waals surface area contributed by atoms with Crippen LogP contribution >= 0.6 is 0 Å². The molecule has 43 heavy (non-hydrogen) atoms. The lowest BCUT2D eigenvalue weighted by Gasteiger charge is -2.63. The Hall–Kier alpha value is -4.16. The van der Waals surface area contributed by atoms with Crippen LogP contribution in [0.15, 0.2) is 122 Å². The van der Waals surface area contributed by atoms with Crippen LogP contribution in [0.4, 0.5) is 0 Å². The maximum atomic E-state index is 4.01. The Balaban J connectivity index is 1.19. The topological polar surface area (TPSA) is 0 Å². The molecule has 1 spiro atoms. The van der Waals surface area contributed by atoms with Gasteiger partial charge in [0.05, 0.1) is 5.41 Å². The summed E-state index contributed by atoms with van der Waals surface area (Å²) in [5, 5.41) is 0. The van der Waals surface area contributed by atoms with Crippen LogP contribution in [-0.4, -0.2) is 0 Å². The van der Waals surface area contributed by atoms with Gasteiger partial charge in [0, 0.05) is 0 Å². The number of hydrogen-bond donors (Lipinski definition) is 0. The fourth-order valence-corrected chi connectivity index (χ4v) is 11.3. The molecule has 4 bridgehead atoms. The predicted molar refractivity (Wildman–Crippen MR) is 177 cm³/mol. The first kappa shape index (κ1) is 24.3. The van der Waals surface area contributed by atoms with Crippen molar-refractivity contribution in [3.05, 3.63) is 161 Å². The monoisotopic (exact) mass is 552 g/mol. The minimum atomic E-state index is -0.254. The molecule has 11 rings (SSSR count). The van der Waals surface area contributed by atoms with Crippen molar-refractivity contribution in [1.29, 1.82) is 0 Å². The van der Waals surface area contributed by atoms with Gasteiger partial charge >= 0.3 is 0 Å². The molecule has 5 aromatic rings. The average Bonchev–Trinajstić information content (AvgIpc) is 3.51. The molecule has 0 heteroatoms. The van der Waals surface area contributed by atoms with Gasteiger partial charge in [-0.3, -0.25) is 0 Å². The van der Waals surface area contributed by atoms with E-state index in [0.29, 0.717) is 5.41 Å². The highest BCUT2D eigenvalue weighted by atomic mass is 14.6. The van der Waals surface area contributed by atoms with E-state index in [9.17, 15) is 0 Å². The van der Waals surface area contributed by atoms with Gasteiger partial charge in [-0.25, -0.2) is 0 Å². The highest BCUT2D eigenvalue weighted by Crippen LogP contribution is 2.68. The van der Waals surface area contributed by atoms with E-state index in [1.54, 1.807) is 11.1 Å². The average molecular weight is 553 g/mol. The van der Waals surface area contributed by atoms with E-state index in [4.69, 9.17) is 0 Å². The molecule has 4 saturated carbocycles. The van der Waals surface area contributed by atoms with Gasteiger partial charge in [-0.05, 0) is 122 Å². The molecule has 0 radical (unpaired) electrons. The van der Waals surface area contributed by atoms with Crippen molar-refractivity contribution in [2.45, 2.75) is 54.8 Å². The molecule has 208 valence electrons. The summed E-state index contributed by atoms with van der Waals surface area (Å²) in [6, 6.07) is 44.8. The molecule has 0 aliphatic heterocycles. The maximum absolute atomic E-state index is 4.01. The molecule has 2 unspecified atom stereocenters. The Labute approximate surface area is 255 Å². The molecule has 0 aromatic heterocycles. The Kier molecular flexibility index (Phi) is 4.67. The number of hydrogen-bond acceptors (Lipinski definition) is 0. The normalized spacial score (nSPS) is 27.9. The van der Waals surface area contributed by atoms with Gasteiger partial charge in [-0.15, -0.1) is 0 Å². The maximum Gasteiger partial charge on any atom is 0.0725 e. The van der Waals surface area contributed by atoms with Gasteiger partial charge in [0.15, 0.2) is 0 Å². The zero-order chi connectivity index (χ0) is 28.4. The van der Waals surface area contributed by atoms with Crippen LogP contribution in [0.5, 0.6) is 0 Å². The minimum Gasteiger partial charge on any atom is -0.0985 e. The van der Waals surface area contributed by atoms with Gasteiger partial charge in [-0.1, -0.05) is 128 Å². The van der Waals surface area contributed by atoms with E-state index in [-0.39, 0.29) is 10.8 Å². The molecular formula is C43H36. The SMILES string of the molecule is C=Cc1ccc(C23CC4CC(C2)CC(c2ccc5c(c2)C2(c6ccccc6-c6ccccc62)c2ccccc2-5)(C4)C3)cc1. The van der Waals surface area contributed by atoms with Crippen LogP contribution < -0.4 is 0 Å². The molecule has 5 aromatic carbocycles. The van der Waals surface area contributed by atoms with E-state index < -0.39 is 0 Å². The number of benzene rings is 5.